The average molecular weight is 267 g/mol. The molecule has 0 aromatic heterocycles. The topological polar surface area (TPSA) is 21.3 Å². The Bertz CT molecular complexity index is 242. The summed E-state index contributed by atoms with van der Waals surface area (Å²) < 4.78 is 6.36. The number of hydrogen-bond donors (Lipinski definition) is 1. The van der Waals surface area contributed by atoms with Crippen molar-refractivity contribution in [1.82, 2.24) is 5.32 Å². The zero-order valence-corrected chi connectivity index (χ0v) is 13.0. The molecule has 2 aliphatic carbocycles. The summed E-state index contributed by atoms with van der Waals surface area (Å²) in [6.45, 7) is 6.34. The molecule has 112 valence electrons. The highest BCUT2D eigenvalue weighted by molar-refractivity contribution is 4.95. The summed E-state index contributed by atoms with van der Waals surface area (Å²) in [5.41, 5.74) is 0.135. The summed E-state index contributed by atoms with van der Waals surface area (Å²) in [4.78, 5) is 0. The van der Waals surface area contributed by atoms with Gasteiger partial charge in [-0.25, -0.2) is 0 Å². The molecule has 0 bridgehead atoms. The van der Waals surface area contributed by atoms with Gasteiger partial charge in [0.1, 0.15) is 0 Å². The second-order valence-corrected chi connectivity index (χ2v) is 6.54. The Morgan fingerprint density at radius 3 is 2.32 bits per heavy atom. The summed E-state index contributed by atoms with van der Waals surface area (Å²) in [5, 5.41) is 3.76. The lowest BCUT2D eigenvalue weighted by Crippen LogP contribution is -2.52. The largest absolute Gasteiger partial charge is 0.374 e. The zero-order valence-electron chi connectivity index (χ0n) is 13.0. The van der Waals surface area contributed by atoms with Gasteiger partial charge in [0.2, 0.25) is 0 Å². The fourth-order valence-electron chi connectivity index (χ4n) is 3.81. The Morgan fingerprint density at radius 1 is 1.11 bits per heavy atom. The zero-order chi connectivity index (χ0) is 13.6. The van der Waals surface area contributed by atoms with E-state index in [1.54, 1.807) is 0 Å². The van der Waals surface area contributed by atoms with Crippen molar-refractivity contribution < 1.29 is 4.74 Å². The van der Waals surface area contributed by atoms with Gasteiger partial charge in [-0.2, -0.15) is 0 Å². The first-order valence-corrected chi connectivity index (χ1v) is 8.68. The minimum atomic E-state index is 0.135. The van der Waals surface area contributed by atoms with Gasteiger partial charge in [-0.05, 0) is 45.1 Å². The molecule has 0 radical (unpaired) electrons. The summed E-state index contributed by atoms with van der Waals surface area (Å²) in [7, 11) is 0. The monoisotopic (exact) mass is 267 g/mol. The van der Waals surface area contributed by atoms with Gasteiger partial charge in [0.05, 0.1) is 5.60 Å². The molecule has 0 aliphatic heterocycles. The van der Waals surface area contributed by atoms with E-state index in [-0.39, 0.29) is 5.60 Å². The Balaban J connectivity index is 2.00. The van der Waals surface area contributed by atoms with Crippen LogP contribution in [0.2, 0.25) is 0 Å². The van der Waals surface area contributed by atoms with E-state index < -0.39 is 0 Å². The van der Waals surface area contributed by atoms with Crippen LogP contribution in [-0.4, -0.2) is 24.8 Å². The first-order chi connectivity index (χ1) is 9.30. The summed E-state index contributed by atoms with van der Waals surface area (Å²) >= 11 is 0. The fourth-order valence-corrected chi connectivity index (χ4v) is 3.81. The molecule has 2 heteroatoms. The predicted octanol–water partition coefficient (Wildman–Crippen LogP) is 4.28. The molecular weight excluding hydrogens is 234 g/mol. The van der Waals surface area contributed by atoms with E-state index >= 15 is 0 Å². The van der Waals surface area contributed by atoms with Crippen LogP contribution in [-0.2, 0) is 4.74 Å². The third kappa shape index (κ3) is 4.46. The molecule has 2 nitrogen and oxygen atoms in total. The lowest BCUT2D eigenvalue weighted by molar-refractivity contribution is -0.0788. The van der Waals surface area contributed by atoms with Gasteiger partial charge in [-0.15, -0.1) is 0 Å². The molecule has 2 saturated carbocycles. The van der Waals surface area contributed by atoms with E-state index in [1.807, 2.05) is 0 Å². The van der Waals surface area contributed by atoms with Crippen LogP contribution >= 0.6 is 0 Å². The van der Waals surface area contributed by atoms with Gasteiger partial charge in [0.25, 0.3) is 0 Å². The van der Waals surface area contributed by atoms with Crippen molar-refractivity contribution in [3.05, 3.63) is 0 Å². The van der Waals surface area contributed by atoms with E-state index in [0.717, 1.165) is 19.1 Å². The third-order valence-corrected chi connectivity index (χ3v) is 5.03. The van der Waals surface area contributed by atoms with E-state index in [4.69, 9.17) is 4.74 Å². The fraction of sp³-hybridized carbons (Fsp3) is 1.00. The quantitative estimate of drug-likeness (QED) is 0.663. The Hall–Kier alpha value is -0.0800. The first-order valence-electron chi connectivity index (χ1n) is 8.68. The van der Waals surface area contributed by atoms with Crippen molar-refractivity contribution >= 4 is 0 Å². The van der Waals surface area contributed by atoms with Gasteiger partial charge in [0.15, 0.2) is 0 Å². The molecule has 19 heavy (non-hydrogen) atoms. The Kier molecular flexibility index (Phi) is 6.15. The second-order valence-electron chi connectivity index (χ2n) is 6.54. The van der Waals surface area contributed by atoms with Crippen LogP contribution in [0.25, 0.3) is 0 Å². The van der Waals surface area contributed by atoms with Crippen molar-refractivity contribution in [1.29, 1.82) is 0 Å². The average Bonchev–Trinajstić information content (AvgIpc) is 3.22. The van der Waals surface area contributed by atoms with Crippen LogP contribution in [0.3, 0.4) is 0 Å². The van der Waals surface area contributed by atoms with Gasteiger partial charge in [-0.1, -0.05) is 45.4 Å². The SMILES string of the molecule is CCNC(CCC1CC1)C1(OCC)CCCCCC1. The van der Waals surface area contributed by atoms with Crippen molar-refractivity contribution in [3.63, 3.8) is 0 Å². The number of nitrogens with one attached hydrogen (secondary N) is 1. The molecule has 0 heterocycles. The smallest absolute Gasteiger partial charge is 0.0834 e. The number of likely N-dealkylation sites (N-methyl/N-ethyl adjacent to an activating group) is 1. The molecule has 2 aliphatic rings. The summed E-state index contributed by atoms with van der Waals surface area (Å²) in [6, 6.07) is 0.580. The molecule has 0 aromatic rings. The van der Waals surface area contributed by atoms with Crippen molar-refractivity contribution in [3.8, 4) is 0 Å². The van der Waals surface area contributed by atoms with Gasteiger partial charge >= 0.3 is 0 Å². The maximum atomic E-state index is 6.36. The minimum absolute atomic E-state index is 0.135. The first kappa shape index (κ1) is 15.3. The molecular formula is C17H33NO. The lowest BCUT2D eigenvalue weighted by Gasteiger charge is -2.41. The molecule has 0 saturated heterocycles. The number of ether oxygens (including phenoxy) is 1. The molecule has 2 rings (SSSR count). The Labute approximate surface area is 119 Å². The van der Waals surface area contributed by atoms with E-state index in [9.17, 15) is 0 Å². The van der Waals surface area contributed by atoms with Crippen LogP contribution in [0.15, 0.2) is 0 Å². The van der Waals surface area contributed by atoms with E-state index in [2.05, 4.69) is 19.2 Å². The van der Waals surface area contributed by atoms with Crippen molar-refractivity contribution in [2.75, 3.05) is 13.2 Å². The lowest BCUT2D eigenvalue weighted by atomic mass is 9.83. The van der Waals surface area contributed by atoms with Crippen LogP contribution in [0.5, 0.6) is 0 Å². The highest BCUT2D eigenvalue weighted by atomic mass is 16.5. The van der Waals surface area contributed by atoms with Crippen LogP contribution < -0.4 is 5.32 Å². The maximum Gasteiger partial charge on any atom is 0.0834 e. The Morgan fingerprint density at radius 2 is 1.79 bits per heavy atom. The van der Waals surface area contributed by atoms with Crippen LogP contribution in [0.4, 0.5) is 0 Å². The summed E-state index contributed by atoms with van der Waals surface area (Å²) in [6.07, 6.45) is 13.7. The normalized spacial score (nSPS) is 24.9. The second kappa shape index (κ2) is 7.64. The summed E-state index contributed by atoms with van der Waals surface area (Å²) in [5.74, 6) is 1.03. The molecule has 0 aromatic carbocycles. The highest BCUT2D eigenvalue weighted by Gasteiger charge is 2.39. The van der Waals surface area contributed by atoms with E-state index in [1.165, 1.54) is 64.2 Å². The molecule has 1 unspecified atom stereocenters. The third-order valence-electron chi connectivity index (χ3n) is 5.03. The van der Waals surface area contributed by atoms with Crippen LogP contribution in [0.1, 0.15) is 78.1 Å². The van der Waals surface area contributed by atoms with Crippen LogP contribution in [0, 0.1) is 5.92 Å². The highest BCUT2D eigenvalue weighted by Crippen LogP contribution is 2.39. The predicted molar refractivity (Wildman–Crippen MR) is 81.5 cm³/mol. The molecule has 2 fully saturated rings. The number of rotatable bonds is 8. The minimum Gasteiger partial charge on any atom is -0.374 e. The molecule has 0 spiro atoms. The van der Waals surface area contributed by atoms with Crippen molar-refractivity contribution in [2.45, 2.75) is 89.7 Å². The number of hydrogen-bond acceptors (Lipinski definition) is 2. The van der Waals surface area contributed by atoms with Crippen molar-refractivity contribution in [2.24, 2.45) is 5.92 Å². The standard InChI is InChI=1S/C17H33NO/c1-3-18-16(12-11-15-9-10-15)17(19-4-2)13-7-5-6-8-14-17/h15-16,18H,3-14H2,1-2H3. The van der Waals surface area contributed by atoms with E-state index in [0.29, 0.717) is 6.04 Å². The van der Waals surface area contributed by atoms with Gasteiger partial charge in [0, 0.05) is 12.6 Å². The van der Waals surface area contributed by atoms with Gasteiger partial charge < -0.3 is 10.1 Å². The maximum absolute atomic E-state index is 6.36. The molecule has 0 amide bonds. The molecule has 1 N–H and O–H groups in total. The molecule has 1 atom stereocenters. The van der Waals surface area contributed by atoms with Gasteiger partial charge in [-0.3, -0.25) is 0 Å².